The number of rotatable bonds is 8. The smallest absolute Gasteiger partial charge is 0.260 e. The van der Waals surface area contributed by atoms with Crippen molar-refractivity contribution in [1.82, 2.24) is 15.2 Å². The van der Waals surface area contributed by atoms with E-state index < -0.39 is 0 Å². The highest BCUT2D eigenvalue weighted by atomic mass is 32.1. The quantitative estimate of drug-likeness (QED) is 0.500. The van der Waals surface area contributed by atoms with Gasteiger partial charge in [-0.1, -0.05) is 18.2 Å². The fraction of sp³-hybridized carbons (Fsp3) is 0.269. The molecule has 4 rings (SSSR count). The lowest BCUT2D eigenvalue weighted by molar-refractivity contribution is -0.134. The summed E-state index contributed by atoms with van der Waals surface area (Å²) in [5.41, 5.74) is 4.07. The third-order valence-electron chi connectivity index (χ3n) is 5.75. The number of aromatic nitrogens is 1. The average molecular weight is 478 g/mol. The van der Waals surface area contributed by atoms with E-state index in [-0.39, 0.29) is 18.4 Å². The largest absolute Gasteiger partial charge is 0.493 e. The van der Waals surface area contributed by atoms with Crippen LogP contribution in [0.5, 0.6) is 11.5 Å². The normalized spacial score (nSPS) is 12.9. The molecule has 34 heavy (non-hydrogen) atoms. The molecular weight excluding hydrogens is 450 g/mol. The van der Waals surface area contributed by atoms with Gasteiger partial charge in [-0.2, -0.15) is 0 Å². The van der Waals surface area contributed by atoms with E-state index in [9.17, 15) is 9.59 Å². The molecule has 0 saturated carbocycles. The summed E-state index contributed by atoms with van der Waals surface area (Å²) in [6.07, 6.45) is 5.89. The Hall–Kier alpha value is -3.65. The third-order valence-corrected chi connectivity index (χ3v) is 6.59. The second-order valence-electron chi connectivity index (χ2n) is 7.90. The van der Waals surface area contributed by atoms with Crippen LogP contribution in [0.3, 0.4) is 0 Å². The minimum Gasteiger partial charge on any atom is -0.493 e. The molecule has 0 spiro atoms. The van der Waals surface area contributed by atoms with Crippen LogP contribution in [-0.4, -0.2) is 42.0 Å². The molecule has 0 bridgehead atoms. The van der Waals surface area contributed by atoms with Gasteiger partial charge in [0.25, 0.3) is 5.91 Å². The van der Waals surface area contributed by atoms with Gasteiger partial charge in [0, 0.05) is 42.5 Å². The Bertz CT molecular complexity index is 1190. The number of hydrogen-bond donors (Lipinski definition) is 1. The van der Waals surface area contributed by atoms with Crippen molar-refractivity contribution < 1.29 is 19.1 Å². The van der Waals surface area contributed by atoms with Gasteiger partial charge in [0.1, 0.15) is 0 Å². The molecule has 176 valence electrons. The van der Waals surface area contributed by atoms with Crippen LogP contribution in [-0.2, 0) is 29.1 Å². The molecule has 7 nitrogen and oxygen atoms in total. The van der Waals surface area contributed by atoms with Gasteiger partial charge < -0.3 is 19.7 Å². The van der Waals surface area contributed by atoms with Crippen molar-refractivity contribution in [1.29, 1.82) is 0 Å². The summed E-state index contributed by atoms with van der Waals surface area (Å²) < 4.78 is 11.0. The number of methoxy groups -OCH3 is 1. The minimum absolute atomic E-state index is 0.0610. The molecular formula is C26H27N3O4S. The van der Waals surface area contributed by atoms with E-state index in [4.69, 9.17) is 9.47 Å². The SMILES string of the molecule is COc1ccccc1OCC(=O)N1CCc2c(cnc(C)c2CNC(=O)/C=C/c2cccs2)C1. The number of pyridine rings is 1. The Morgan fingerprint density at radius 3 is 2.79 bits per heavy atom. The first-order valence-electron chi connectivity index (χ1n) is 11.0. The molecule has 1 N–H and O–H groups in total. The van der Waals surface area contributed by atoms with Crippen molar-refractivity contribution in [3.05, 3.63) is 81.3 Å². The number of nitrogens with one attached hydrogen (secondary N) is 1. The Balaban J connectivity index is 1.37. The average Bonchev–Trinajstić information content (AvgIpc) is 3.39. The molecule has 0 radical (unpaired) electrons. The molecule has 0 aliphatic carbocycles. The molecule has 1 aliphatic rings. The highest BCUT2D eigenvalue weighted by Gasteiger charge is 2.24. The minimum atomic E-state index is -0.147. The number of carbonyl (C=O) groups is 2. The third kappa shape index (κ3) is 5.63. The van der Waals surface area contributed by atoms with Gasteiger partial charge in [-0.25, -0.2) is 0 Å². The Labute approximate surface area is 203 Å². The monoisotopic (exact) mass is 477 g/mol. The molecule has 0 unspecified atom stereocenters. The van der Waals surface area contributed by atoms with E-state index in [1.165, 1.54) is 0 Å². The number of benzene rings is 1. The molecule has 3 heterocycles. The number of hydrogen-bond acceptors (Lipinski definition) is 6. The van der Waals surface area contributed by atoms with Crippen LogP contribution in [0, 0.1) is 6.92 Å². The van der Waals surface area contributed by atoms with Crippen LogP contribution in [0.2, 0.25) is 0 Å². The molecule has 1 aromatic carbocycles. The van der Waals surface area contributed by atoms with Crippen molar-refractivity contribution in [2.45, 2.75) is 26.4 Å². The number of para-hydroxylation sites is 2. The molecule has 3 aromatic rings. The molecule has 2 amide bonds. The summed E-state index contributed by atoms with van der Waals surface area (Å²) in [6, 6.07) is 11.2. The van der Waals surface area contributed by atoms with Crippen LogP contribution in [0.4, 0.5) is 0 Å². The first-order valence-corrected chi connectivity index (χ1v) is 11.9. The van der Waals surface area contributed by atoms with Crippen molar-refractivity contribution in [3.8, 4) is 11.5 Å². The number of ether oxygens (including phenoxy) is 2. The molecule has 1 aliphatic heterocycles. The van der Waals surface area contributed by atoms with Crippen LogP contribution < -0.4 is 14.8 Å². The van der Waals surface area contributed by atoms with Crippen LogP contribution in [0.1, 0.15) is 27.3 Å². The Morgan fingerprint density at radius 1 is 1.21 bits per heavy atom. The maximum atomic E-state index is 12.8. The topological polar surface area (TPSA) is 80.8 Å². The molecule has 2 aromatic heterocycles. The zero-order valence-corrected chi connectivity index (χ0v) is 20.1. The lowest BCUT2D eigenvalue weighted by Crippen LogP contribution is -2.39. The van der Waals surface area contributed by atoms with Crippen LogP contribution in [0.15, 0.2) is 54.1 Å². The summed E-state index contributed by atoms with van der Waals surface area (Å²) in [5.74, 6) is 0.896. The Kier molecular flexibility index (Phi) is 7.59. The van der Waals surface area contributed by atoms with Crippen molar-refractivity contribution in [2.24, 2.45) is 0 Å². The van der Waals surface area contributed by atoms with E-state index in [0.717, 1.165) is 27.3 Å². The number of fused-ring (bicyclic) bond motifs is 1. The standard InChI is InChI=1S/C26H27N3O4S/c1-18-22(15-28-25(30)10-9-20-6-5-13-34-20)21-11-12-29(16-19(21)14-27-18)26(31)17-33-24-8-4-3-7-23(24)32-2/h3-10,13-14H,11-12,15-17H2,1-2H3,(H,28,30)/b10-9+. The zero-order chi connectivity index (χ0) is 23.9. The maximum Gasteiger partial charge on any atom is 0.260 e. The van der Waals surface area contributed by atoms with Gasteiger partial charge in [-0.05, 0) is 59.7 Å². The summed E-state index contributed by atoms with van der Waals surface area (Å²) in [4.78, 5) is 32.4. The predicted molar refractivity (Wildman–Crippen MR) is 132 cm³/mol. The number of thiophene rings is 1. The van der Waals surface area contributed by atoms with Crippen LogP contribution >= 0.6 is 11.3 Å². The summed E-state index contributed by atoms with van der Waals surface area (Å²) >= 11 is 1.58. The summed E-state index contributed by atoms with van der Waals surface area (Å²) in [5, 5.41) is 4.94. The number of carbonyl (C=O) groups excluding carboxylic acids is 2. The van der Waals surface area contributed by atoms with E-state index in [2.05, 4.69) is 10.3 Å². The first kappa shape index (κ1) is 23.5. The molecule has 0 saturated heterocycles. The first-order chi connectivity index (χ1) is 16.5. The number of amides is 2. The van der Waals surface area contributed by atoms with E-state index in [0.29, 0.717) is 37.6 Å². The zero-order valence-electron chi connectivity index (χ0n) is 19.2. The van der Waals surface area contributed by atoms with Gasteiger partial charge in [0.2, 0.25) is 5.91 Å². The second kappa shape index (κ2) is 11.0. The molecule has 0 fully saturated rings. The fourth-order valence-electron chi connectivity index (χ4n) is 3.92. The second-order valence-corrected chi connectivity index (χ2v) is 8.88. The number of nitrogens with zero attached hydrogens (tertiary/aromatic N) is 2. The van der Waals surface area contributed by atoms with E-state index >= 15 is 0 Å². The van der Waals surface area contributed by atoms with Crippen molar-refractivity contribution in [2.75, 3.05) is 20.3 Å². The molecule has 0 atom stereocenters. The lowest BCUT2D eigenvalue weighted by atomic mass is 9.95. The highest BCUT2D eigenvalue weighted by molar-refractivity contribution is 7.10. The summed E-state index contributed by atoms with van der Waals surface area (Å²) in [7, 11) is 1.57. The molecule has 8 heteroatoms. The number of aryl methyl sites for hydroxylation is 1. The van der Waals surface area contributed by atoms with Gasteiger partial charge >= 0.3 is 0 Å². The van der Waals surface area contributed by atoms with Crippen molar-refractivity contribution >= 4 is 29.2 Å². The van der Waals surface area contributed by atoms with Gasteiger partial charge in [-0.15, -0.1) is 11.3 Å². The lowest BCUT2D eigenvalue weighted by Gasteiger charge is -2.30. The van der Waals surface area contributed by atoms with E-state index in [1.54, 1.807) is 41.6 Å². The summed E-state index contributed by atoms with van der Waals surface area (Å²) in [6.45, 7) is 3.34. The van der Waals surface area contributed by atoms with Gasteiger partial charge in [0.15, 0.2) is 18.1 Å². The highest BCUT2D eigenvalue weighted by Crippen LogP contribution is 2.27. The Morgan fingerprint density at radius 2 is 2.03 bits per heavy atom. The van der Waals surface area contributed by atoms with Crippen molar-refractivity contribution in [3.63, 3.8) is 0 Å². The van der Waals surface area contributed by atoms with Gasteiger partial charge in [0.05, 0.1) is 7.11 Å². The van der Waals surface area contributed by atoms with Crippen LogP contribution in [0.25, 0.3) is 6.08 Å². The maximum absolute atomic E-state index is 12.8. The fourth-order valence-corrected chi connectivity index (χ4v) is 4.53. The van der Waals surface area contributed by atoms with Gasteiger partial charge in [-0.3, -0.25) is 14.6 Å². The predicted octanol–water partition coefficient (Wildman–Crippen LogP) is 3.75. The van der Waals surface area contributed by atoms with E-state index in [1.807, 2.05) is 48.8 Å².